The first-order valence-corrected chi connectivity index (χ1v) is 4.76. The van der Waals surface area contributed by atoms with Crippen molar-refractivity contribution in [2.24, 2.45) is 5.73 Å². The van der Waals surface area contributed by atoms with Crippen LogP contribution in [0.25, 0.3) is 0 Å². The van der Waals surface area contributed by atoms with Crippen LogP contribution in [0.3, 0.4) is 0 Å². The number of carbonyl (C=O) groups is 1. The van der Waals surface area contributed by atoms with Gasteiger partial charge < -0.3 is 5.73 Å². The van der Waals surface area contributed by atoms with Crippen molar-refractivity contribution in [1.82, 2.24) is 9.36 Å². The third-order valence-corrected chi connectivity index (χ3v) is 2.47. The van der Waals surface area contributed by atoms with Crippen molar-refractivity contribution in [2.75, 3.05) is 5.75 Å². The van der Waals surface area contributed by atoms with Gasteiger partial charge in [0.1, 0.15) is 0 Å². The van der Waals surface area contributed by atoms with Crippen LogP contribution in [-0.2, 0) is 0 Å². The molecular formula is C5H7N3OS2. The van der Waals surface area contributed by atoms with Crippen molar-refractivity contribution < 1.29 is 4.79 Å². The summed E-state index contributed by atoms with van der Waals surface area (Å²) in [5, 5.41) is 0.909. The number of carbonyl (C=O) groups excluding carboxylic acids is 1. The topological polar surface area (TPSA) is 68.9 Å². The zero-order chi connectivity index (χ0) is 8.27. The molecule has 0 spiro atoms. The van der Waals surface area contributed by atoms with Gasteiger partial charge in [-0.1, -0.05) is 18.7 Å². The molecule has 1 aromatic rings. The van der Waals surface area contributed by atoms with E-state index in [1.807, 2.05) is 6.92 Å². The van der Waals surface area contributed by atoms with E-state index in [9.17, 15) is 4.79 Å². The summed E-state index contributed by atoms with van der Waals surface area (Å²) in [6.07, 6.45) is 0. The molecule has 0 radical (unpaired) electrons. The first-order chi connectivity index (χ1) is 5.24. The minimum absolute atomic E-state index is 0.279. The minimum atomic E-state index is -0.509. The van der Waals surface area contributed by atoms with Gasteiger partial charge in [0, 0.05) is 0 Å². The van der Waals surface area contributed by atoms with Crippen LogP contribution in [0.15, 0.2) is 5.16 Å². The Kier molecular flexibility index (Phi) is 2.84. The number of nitrogens with zero attached hydrogens (tertiary/aromatic N) is 2. The van der Waals surface area contributed by atoms with Crippen LogP contribution in [0.5, 0.6) is 0 Å². The highest BCUT2D eigenvalue weighted by atomic mass is 32.2. The quantitative estimate of drug-likeness (QED) is 0.712. The number of primary amides is 1. The van der Waals surface area contributed by atoms with E-state index >= 15 is 0 Å². The van der Waals surface area contributed by atoms with Crippen molar-refractivity contribution in [3.05, 3.63) is 5.01 Å². The fourth-order valence-corrected chi connectivity index (χ4v) is 1.71. The van der Waals surface area contributed by atoms with E-state index in [4.69, 9.17) is 5.73 Å². The van der Waals surface area contributed by atoms with E-state index < -0.39 is 5.91 Å². The summed E-state index contributed by atoms with van der Waals surface area (Å²) in [7, 11) is 0. The summed E-state index contributed by atoms with van der Waals surface area (Å²) in [5.74, 6) is 0.389. The van der Waals surface area contributed by atoms with E-state index in [0.717, 1.165) is 17.3 Å². The lowest BCUT2D eigenvalue weighted by atomic mass is 10.7. The maximum atomic E-state index is 10.5. The van der Waals surface area contributed by atoms with Gasteiger partial charge in [-0.3, -0.25) is 4.79 Å². The van der Waals surface area contributed by atoms with Crippen LogP contribution >= 0.6 is 23.3 Å². The van der Waals surface area contributed by atoms with Gasteiger partial charge in [-0.2, -0.15) is 4.37 Å². The molecule has 1 aromatic heterocycles. The Hall–Kier alpha value is -0.620. The Morgan fingerprint density at radius 3 is 3.00 bits per heavy atom. The van der Waals surface area contributed by atoms with Gasteiger partial charge in [0.05, 0.1) is 0 Å². The van der Waals surface area contributed by atoms with Crippen LogP contribution in [0.4, 0.5) is 0 Å². The summed E-state index contributed by atoms with van der Waals surface area (Å²) in [6, 6.07) is 0. The van der Waals surface area contributed by atoms with Gasteiger partial charge in [0.2, 0.25) is 10.2 Å². The molecule has 0 saturated carbocycles. The minimum Gasteiger partial charge on any atom is -0.363 e. The smallest absolute Gasteiger partial charge is 0.279 e. The van der Waals surface area contributed by atoms with E-state index in [2.05, 4.69) is 9.36 Å². The van der Waals surface area contributed by atoms with Gasteiger partial charge in [-0.05, 0) is 17.3 Å². The van der Waals surface area contributed by atoms with Gasteiger partial charge >= 0.3 is 0 Å². The highest BCUT2D eigenvalue weighted by Gasteiger charge is 2.07. The molecule has 0 fully saturated rings. The number of aromatic nitrogens is 2. The summed E-state index contributed by atoms with van der Waals surface area (Å²) >= 11 is 2.54. The molecule has 6 heteroatoms. The molecule has 0 aliphatic carbocycles. The molecule has 1 heterocycles. The number of hydrogen-bond acceptors (Lipinski definition) is 5. The lowest BCUT2D eigenvalue weighted by molar-refractivity contribution is 0.0999. The van der Waals surface area contributed by atoms with Crippen molar-refractivity contribution >= 4 is 29.2 Å². The molecule has 0 unspecified atom stereocenters. The molecule has 1 rings (SSSR count). The van der Waals surface area contributed by atoms with Gasteiger partial charge in [0.15, 0.2) is 0 Å². The Morgan fingerprint density at radius 2 is 2.55 bits per heavy atom. The zero-order valence-electron chi connectivity index (χ0n) is 5.90. The number of rotatable bonds is 3. The molecule has 2 N–H and O–H groups in total. The highest BCUT2D eigenvalue weighted by molar-refractivity contribution is 7.99. The molecule has 0 aliphatic rings. The first kappa shape index (κ1) is 8.48. The van der Waals surface area contributed by atoms with E-state index in [0.29, 0.717) is 5.16 Å². The normalized spacial score (nSPS) is 9.91. The maximum absolute atomic E-state index is 10.5. The second-order valence-corrected chi connectivity index (χ2v) is 3.66. The standard InChI is InChI=1S/C5H7N3OS2/c1-2-10-5-7-4(3(6)9)11-8-5/h2H2,1H3,(H2,6,9). The largest absolute Gasteiger partial charge is 0.363 e. The monoisotopic (exact) mass is 189 g/mol. The second kappa shape index (κ2) is 3.68. The van der Waals surface area contributed by atoms with Crippen LogP contribution in [0.2, 0.25) is 0 Å². The number of nitrogens with two attached hydrogens (primary N) is 1. The Labute approximate surface area is 72.4 Å². The van der Waals surface area contributed by atoms with Crippen LogP contribution in [-0.4, -0.2) is 21.0 Å². The molecule has 0 saturated heterocycles. The Bertz CT molecular complexity index is 260. The highest BCUT2D eigenvalue weighted by Crippen LogP contribution is 2.15. The SMILES string of the molecule is CCSc1nsc(C(N)=O)n1. The molecular weight excluding hydrogens is 182 g/mol. The van der Waals surface area contributed by atoms with Crippen LogP contribution in [0.1, 0.15) is 16.7 Å². The summed E-state index contributed by atoms with van der Waals surface area (Å²) in [5.41, 5.74) is 4.98. The fourth-order valence-electron chi connectivity index (χ4n) is 0.498. The third-order valence-electron chi connectivity index (χ3n) is 0.892. The Morgan fingerprint density at radius 1 is 1.82 bits per heavy atom. The first-order valence-electron chi connectivity index (χ1n) is 3.00. The lowest BCUT2D eigenvalue weighted by Gasteiger charge is -1.84. The molecule has 60 valence electrons. The average molecular weight is 189 g/mol. The van der Waals surface area contributed by atoms with Gasteiger partial charge in [-0.15, -0.1) is 0 Å². The van der Waals surface area contributed by atoms with Crippen LogP contribution < -0.4 is 5.73 Å². The van der Waals surface area contributed by atoms with Crippen LogP contribution in [0, 0.1) is 0 Å². The van der Waals surface area contributed by atoms with E-state index in [1.165, 1.54) is 11.8 Å². The predicted octanol–water partition coefficient (Wildman–Crippen LogP) is 0.749. The van der Waals surface area contributed by atoms with E-state index in [1.54, 1.807) is 0 Å². The summed E-state index contributed by atoms with van der Waals surface area (Å²) < 4.78 is 3.92. The molecule has 4 nitrogen and oxygen atoms in total. The fraction of sp³-hybridized carbons (Fsp3) is 0.400. The molecule has 0 aliphatic heterocycles. The van der Waals surface area contributed by atoms with E-state index in [-0.39, 0.29) is 5.01 Å². The molecule has 1 amide bonds. The van der Waals surface area contributed by atoms with Crippen molar-refractivity contribution in [3.8, 4) is 0 Å². The van der Waals surface area contributed by atoms with Gasteiger partial charge in [-0.25, -0.2) is 4.98 Å². The average Bonchev–Trinajstić information content (AvgIpc) is 2.37. The number of hydrogen-bond donors (Lipinski definition) is 1. The lowest BCUT2D eigenvalue weighted by Crippen LogP contribution is -2.09. The van der Waals surface area contributed by atoms with Crippen molar-refractivity contribution in [2.45, 2.75) is 12.1 Å². The van der Waals surface area contributed by atoms with Crippen molar-refractivity contribution in [1.29, 1.82) is 0 Å². The maximum Gasteiger partial charge on any atom is 0.279 e. The molecule has 11 heavy (non-hydrogen) atoms. The summed E-state index contributed by atoms with van der Waals surface area (Å²) in [6.45, 7) is 2.00. The molecule has 0 aromatic carbocycles. The van der Waals surface area contributed by atoms with Crippen molar-refractivity contribution in [3.63, 3.8) is 0 Å². The third kappa shape index (κ3) is 2.16. The second-order valence-electron chi connectivity index (χ2n) is 1.68. The number of thioether (sulfide) groups is 1. The zero-order valence-corrected chi connectivity index (χ0v) is 7.54. The van der Waals surface area contributed by atoms with Gasteiger partial charge in [0.25, 0.3) is 5.91 Å². The number of amides is 1. The molecule has 0 bridgehead atoms. The summed E-state index contributed by atoms with van der Waals surface area (Å²) in [4.78, 5) is 14.4. The predicted molar refractivity (Wildman–Crippen MR) is 44.8 cm³/mol. The molecule has 0 atom stereocenters. The Balaban J connectivity index is 2.73.